The number of hydrogen-bond acceptors (Lipinski definition) is 5. The Labute approximate surface area is 190 Å². The highest BCUT2D eigenvalue weighted by atomic mass is 16.7. The molecule has 2 unspecified atom stereocenters. The minimum Gasteiger partial charge on any atom is -0.489 e. The molecule has 33 heavy (non-hydrogen) atoms. The summed E-state index contributed by atoms with van der Waals surface area (Å²) in [5, 5.41) is 0.755. The van der Waals surface area contributed by atoms with Crippen molar-refractivity contribution in [2.75, 3.05) is 6.61 Å². The van der Waals surface area contributed by atoms with Crippen LogP contribution in [-0.2, 0) is 5.79 Å². The van der Waals surface area contributed by atoms with Gasteiger partial charge >= 0.3 is 5.63 Å². The average molecular weight is 438 g/mol. The van der Waals surface area contributed by atoms with E-state index in [1.54, 1.807) is 6.07 Å². The van der Waals surface area contributed by atoms with Gasteiger partial charge in [0.25, 0.3) is 5.79 Å². The molecule has 0 saturated heterocycles. The molecule has 0 radical (unpaired) electrons. The van der Waals surface area contributed by atoms with E-state index in [4.69, 9.17) is 18.6 Å². The Morgan fingerprint density at radius 3 is 2.61 bits per heavy atom. The van der Waals surface area contributed by atoms with Crippen LogP contribution >= 0.6 is 0 Å². The van der Waals surface area contributed by atoms with Crippen molar-refractivity contribution in [3.05, 3.63) is 112 Å². The zero-order chi connectivity index (χ0) is 22.6. The highest BCUT2D eigenvalue weighted by molar-refractivity contribution is 5.85. The lowest BCUT2D eigenvalue weighted by Crippen LogP contribution is -2.48. The third-order valence-electron chi connectivity index (χ3n) is 6.24. The molecular formula is C28H22O5. The maximum atomic E-state index is 13.1. The van der Waals surface area contributed by atoms with Crippen LogP contribution in [0.2, 0.25) is 0 Å². The van der Waals surface area contributed by atoms with E-state index in [-0.39, 0.29) is 11.5 Å². The summed E-state index contributed by atoms with van der Waals surface area (Å²) in [6, 6.07) is 23.0. The maximum Gasteiger partial charge on any atom is 0.343 e. The van der Waals surface area contributed by atoms with Crippen molar-refractivity contribution in [1.29, 1.82) is 0 Å². The quantitative estimate of drug-likeness (QED) is 0.293. The number of para-hydroxylation sites is 2. The van der Waals surface area contributed by atoms with Crippen LogP contribution in [-0.4, -0.2) is 6.61 Å². The first kappa shape index (κ1) is 19.7. The molecule has 5 heteroatoms. The molecule has 2 bridgehead atoms. The van der Waals surface area contributed by atoms with E-state index >= 15 is 0 Å². The summed E-state index contributed by atoms with van der Waals surface area (Å²) < 4.78 is 24.6. The summed E-state index contributed by atoms with van der Waals surface area (Å²) in [4.78, 5) is 13.1. The van der Waals surface area contributed by atoms with Crippen molar-refractivity contribution in [2.24, 2.45) is 0 Å². The monoisotopic (exact) mass is 438 g/mol. The Morgan fingerprint density at radius 2 is 1.79 bits per heavy atom. The predicted octanol–water partition coefficient (Wildman–Crippen LogP) is 5.91. The number of fused-ring (bicyclic) bond motifs is 8. The van der Waals surface area contributed by atoms with Gasteiger partial charge in [0.05, 0.1) is 10.9 Å². The van der Waals surface area contributed by atoms with Gasteiger partial charge in [0.1, 0.15) is 29.4 Å². The first-order chi connectivity index (χ1) is 16.0. The first-order valence-electron chi connectivity index (χ1n) is 10.9. The Morgan fingerprint density at radius 1 is 1.03 bits per heavy atom. The lowest BCUT2D eigenvalue weighted by molar-refractivity contribution is -0.148. The van der Waals surface area contributed by atoms with Crippen molar-refractivity contribution in [3.8, 4) is 17.2 Å². The van der Waals surface area contributed by atoms with Gasteiger partial charge in [-0.2, -0.15) is 0 Å². The van der Waals surface area contributed by atoms with Crippen molar-refractivity contribution in [2.45, 2.75) is 25.0 Å². The van der Waals surface area contributed by atoms with E-state index in [1.165, 1.54) is 0 Å². The van der Waals surface area contributed by atoms with Crippen molar-refractivity contribution < 1.29 is 18.6 Å². The van der Waals surface area contributed by atoms with Gasteiger partial charge in [-0.1, -0.05) is 36.9 Å². The Hall–Kier alpha value is -3.99. The first-order valence-corrected chi connectivity index (χ1v) is 10.9. The van der Waals surface area contributed by atoms with Crippen LogP contribution in [0.1, 0.15) is 36.0 Å². The molecule has 5 nitrogen and oxygen atoms in total. The van der Waals surface area contributed by atoms with Gasteiger partial charge in [0, 0.05) is 23.5 Å². The summed E-state index contributed by atoms with van der Waals surface area (Å²) in [7, 11) is 0. The molecule has 2 aliphatic heterocycles. The van der Waals surface area contributed by atoms with E-state index in [0.29, 0.717) is 35.7 Å². The standard InChI is InChI=1S/C28H22O5/c1-17(2)16-30-19-13-11-18(12-14-19)28-15-22(20-7-3-6-10-24(20)32-28)25-26(33-28)21-8-4-5-9-23(21)31-27(25)29/h3-14,22H,1,15-16H2,2H3. The summed E-state index contributed by atoms with van der Waals surface area (Å²) >= 11 is 0. The normalized spacial score (nSPS) is 20.2. The van der Waals surface area contributed by atoms with E-state index in [9.17, 15) is 4.79 Å². The average Bonchev–Trinajstić information content (AvgIpc) is 2.83. The van der Waals surface area contributed by atoms with Crippen molar-refractivity contribution in [1.82, 2.24) is 0 Å². The topological polar surface area (TPSA) is 57.9 Å². The third kappa shape index (κ3) is 3.11. The fourth-order valence-corrected chi connectivity index (χ4v) is 4.74. The molecule has 4 aromatic rings. The summed E-state index contributed by atoms with van der Waals surface area (Å²) in [6.45, 7) is 6.26. The Bertz CT molecular complexity index is 1450. The zero-order valence-electron chi connectivity index (χ0n) is 18.2. The van der Waals surface area contributed by atoms with E-state index in [0.717, 1.165) is 27.8 Å². The molecule has 0 fully saturated rings. The molecule has 0 N–H and O–H groups in total. The molecular weight excluding hydrogens is 416 g/mol. The number of hydrogen-bond donors (Lipinski definition) is 0. The van der Waals surface area contributed by atoms with E-state index in [2.05, 4.69) is 6.58 Å². The molecule has 164 valence electrons. The second-order valence-corrected chi connectivity index (χ2v) is 8.65. The SMILES string of the molecule is C=C(C)COc1ccc(C23CC(c4ccccc4O2)c2c(c4ccccc4oc2=O)O3)cc1. The van der Waals surface area contributed by atoms with Crippen LogP contribution in [0.15, 0.2) is 94.2 Å². The molecule has 0 amide bonds. The molecule has 1 aromatic heterocycles. The van der Waals surface area contributed by atoms with Crippen molar-refractivity contribution >= 4 is 11.0 Å². The molecule has 6 rings (SSSR count). The fourth-order valence-electron chi connectivity index (χ4n) is 4.74. The Balaban J connectivity index is 1.53. The van der Waals surface area contributed by atoms with Crippen LogP contribution in [0.4, 0.5) is 0 Å². The van der Waals surface area contributed by atoms with Gasteiger partial charge in [0.2, 0.25) is 0 Å². The number of ether oxygens (including phenoxy) is 3. The highest BCUT2D eigenvalue weighted by Crippen LogP contribution is 2.55. The Kier molecular flexibility index (Phi) is 4.34. The summed E-state index contributed by atoms with van der Waals surface area (Å²) in [5.41, 5.74) is 3.43. The molecule has 2 aliphatic rings. The lowest BCUT2D eigenvalue weighted by Gasteiger charge is -2.46. The van der Waals surface area contributed by atoms with Crippen LogP contribution in [0.25, 0.3) is 11.0 Å². The minimum atomic E-state index is -1.07. The van der Waals surface area contributed by atoms with Crippen LogP contribution in [0, 0.1) is 0 Å². The smallest absolute Gasteiger partial charge is 0.343 e. The summed E-state index contributed by atoms with van der Waals surface area (Å²) in [6.07, 6.45) is 0.464. The van der Waals surface area contributed by atoms with Gasteiger partial charge < -0.3 is 18.6 Å². The van der Waals surface area contributed by atoms with Crippen LogP contribution in [0.3, 0.4) is 0 Å². The van der Waals surface area contributed by atoms with Gasteiger partial charge in [-0.05, 0) is 55.0 Å². The molecule has 0 aliphatic carbocycles. The second-order valence-electron chi connectivity index (χ2n) is 8.65. The van der Waals surface area contributed by atoms with E-state index in [1.807, 2.05) is 73.7 Å². The third-order valence-corrected chi connectivity index (χ3v) is 6.24. The molecule has 3 heterocycles. The minimum absolute atomic E-state index is 0.209. The molecule has 2 atom stereocenters. The van der Waals surface area contributed by atoms with Gasteiger partial charge in [-0.25, -0.2) is 4.79 Å². The highest BCUT2D eigenvalue weighted by Gasteiger charge is 2.51. The lowest BCUT2D eigenvalue weighted by atomic mass is 9.78. The van der Waals surface area contributed by atoms with Crippen LogP contribution in [0.5, 0.6) is 17.2 Å². The van der Waals surface area contributed by atoms with E-state index < -0.39 is 5.79 Å². The molecule has 0 saturated carbocycles. The summed E-state index contributed by atoms with van der Waals surface area (Å²) in [5.74, 6) is 0.687. The second kappa shape index (κ2) is 7.27. The fraction of sp³-hybridized carbons (Fsp3) is 0.179. The number of benzene rings is 3. The van der Waals surface area contributed by atoms with Gasteiger partial charge in [-0.3, -0.25) is 0 Å². The predicted molar refractivity (Wildman–Crippen MR) is 125 cm³/mol. The molecule has 3 aromatic carbocycles. The van der Waals surface area contributed by atoms with Crippen molar-refractivity contribution in [3.63, 3.8) is 0 Å². The van der Waals surface area contributed by atoms with Crippen LogP contribution < -0.4 is 19.8 Å². The number of rotatable bonds is 4. The molecule has 0 spiro atoms. The zero-order valence-corrected chi connectivity index (χ0v) is 18.2. The van der Waals surface area contributed by atoms with Gasteiger partial charge in [-0.15, -0.1) is 0 Å². The largest absolute Gasteiger partial charge is 0.489 e. The maximum absolute atomic E-state index is 13.1. The van der Waals surface area contributed by atoms with Gasteiger partial charge in [0.15, 0.2) is 0 Å².